The lowest BCUT2D eigenvalue weighted by Crippen LogP contribution is -2.13. The lowest BCUT2D eigenvalue weighted by atomic mass is 9.98. The molecule has 2 heteroatoms. The van der Waals surface area contributed by atoms with Crippen molar-refractivity contribution in [1.29, 1.82) is 0 Å². The molecule has 110 valence electrons. The second-order valence-electron chi connectivity index (χ2n) is 5.28. The summed E-state index contributed by atoms with van der Waals surface area (Å²) in [6, 6.07) is 23.3. The molecule has 0 bridgehead atoms. The smallest absolute Gasteiger partial charge is 0.0768 e. The van der Waals surface area contributed by atoms with Crippen molar-refractivity contribution in [1.82, 2.24) is 4.98 Å². The zero-order chi connectivity index (χ0) is 15.2. The molecule has 3 rings (SSSR count). The summed E-state index contributed by atoms with van der Waals surface area (Å²) in [6.07, 6.45) is 4.71. The molecule has 1 atom stereocenters. The maximum absolute atomic E-state index is 4.13. The van der Waals surface area contributed by atoms with Crippen LogP contribution in [0, 0.1) is 0 Å². The van der Waals surface area contributed by atoms with Crippen molar-refractivity contribution in [3.05, 3.63) is 95.8 Å². The first-order valence-electron chi connectivity index (χ1n) is 7.68. The van der Waals surface area contributed by atoms with Crippen molar-refractivity contribution >= 4 is 5.69 Å². The lowest BCUT2D eigenvalue weighted by molar-refractivity contribution is 0.927. The Hall–Kier alpha value is -2.61. The molecule has 0 aliphatic rings. The fourth-order valence-corrected chi connectivity index (χ4v) is 2.69. The monoisotopic (exact) mass is 288 g/mol. The molecule has 0 aliphatic carbocycles. The Morgan fingerprint density at radius 2 is 1.45 bits per heavy atom. The minimum absolute atomic E-state index is 0.122. The van der Waals surface area contributed by atoms with Crippen LogP contribution >= 0.6 is 0 Å². The number of nitrogens with zero attached hydrogens (tertiary/aromatic N) is 1. The fourth-order valence-electron chi connectivity index (χ4n) is 2.69. The van der Waals surface area contributed by atoms with E-state index in [9.17, 15) is 0 Å². The molecule has 2 nitrogen and oxygen atoms in total. The highest BCUT2D eigenvalue weighted by atomic mass is 14.9. The summed E-state index contributed by atoms with van der Waals surface area (Å²) in [5, 5.41) is 3.70. The number of pyridine rings is 1. The first-order chi connectivity index (χ1) is 10.9. The molecule has 22 heavy (non-hydrogen) atoms. The van der Waals surface area contributed by atoms with Gasteiger partial charge in [0.15, 0.2) is 0 Å². The quantitative estimate of drug-likeness (QED) is 0.726. The maximum Gasteiger partial charge on any atom is 0.0768 e. The number of anilines is 1. The summed E-state index contributed by atoms with van der Waals surface area (Å²) in [4.78, 5) is 4.13. The first-order valence-corrected chi connectivity index (χ1v) is 7.68. The summed E-state index contributed by atoms with van der Waals surface area (Å²) >= 11 is 0. The van der Waals surface area contributed by atoms with Crippen molar-refractivity contribution in [2.45, 2.75) is 19.4 Å². The topological polar surface area (TPSA) is 24.9 Å². The number of para-hydroxylation sites is 1. The number of nitrogens with one attached hydrogen (secondary N) is 1. The van der Waals surface area contributed by atoms with E-state index in [0.717, 1.165) is 6.42 Å². The van der Waals surface area contributed by atoms with Gasteiger partial charge in [-0.15, -0.1) is 0 Å². The lowest BCUT2D eigenvalue weighted by Gasteiger charge is -2.22. The fraction of sp³-hybridized carbons (Fsp3) is 0.150. The molecule has 0 radical (unpaired) electrons. The van der Waals surface area contributed by atoms with Gasteiger partial charge in [0.1, 0.15) is 0 Å². The standard InChI is InChI=1S/C20H20N2/c1-2-16-8-6-7-11-19(16)22-20(17-9-4-3-5-10-17)18-12-14-21-15-13-18/h3-15,20,22H,2H2,1H3. The third kappa shape index (κ3) is 3.17. The molecular formula is C20H20N2. The average Bonchev–Trinajstić information content (AvgIpc) is 2.61. The SMILES string of the molecule is CCc1ccccc1NC(c1ccccc1)c1ccncc1. The van der Waals surface area contributed by atoms with Gasteiger partial charge in [0.05, 0.1) is 6.04 Å². The molecule has 1 aromatic heterocycles. The molecule has 1 unspecified atom stereocenters. The van der Waals surface area contributed by atoms with Gasteiger partial charge in [-0.1, -0.05) is 55.5 Å². The molecule has 1 N–H and O–H groups in total. The van der Waals surface area contributed by atoms with Gasteiger partial charge in [-0.3, -0.25) is 4.98 Å². The van der Waals surface area contributed by atoms with Gasteiger partial charge in [-0.2, -0.15) is 0 Å². The summed E-state index contributed by atoms with van der Waals surface area (Å²) in [7, 11) is 0. The van der Waals surface area contributed by atoms with Crippen molar-refractivity contribution in [2.24, 2.45) is 0 Å². The summed E-state index contributed by atoms with van der Waals surface area (Å²) in [5.41, 5.74) is 4.99. The largest absolute Gasteiger partial charge is 0.374 e. The number of aryl methyl sites for hydroxylation is 1. The van der Waals surface area contributed by atoms with Crippen molar-refractivity contribution < 1.29 is 0 Å². The highest BCUT2D eigenvalue weighted by Gasteiger charge is 2.14. The molecule has 0 amide bonds. The van der Waals surface area contributed by atoms with Crippen LogP contribution in [0.2, 0.25) is 0 Å². The van der Waals surface area contributed by atoms with Gasteiger partial charge in [0.2, 0.25) is 0 Å². The average molecular weight is 288 g/mol. The van der Waals surface area contributed by atoms with Crippen LogP contribution in [-0.2, 0) is 6.42 Å². The Kier molecular flexibility index (Phi) is 4.50. The number of rotatable bonds is 5. The van der Waals surface area contributed by atoms with Gasteiger partial charge < -0.3 is 5.32 Å². The highest BCUT2D eigenvalue weighted by Crippen LogP contribution is 2.28. The second-order valence-corrected chi connectivity index (χ2v) is 5.28. The number of hydrogen-bond acceptors (Lipinski definition) is 2. The molecule has 0 fully saturated rings. The van der Waals surface area contributed by atoms with Crippen LogP contribution in [0.4, 0.5) is 5.69 Å². The van der Waals surface area contributed by atoms with Gasteiger partial charge in [0, 0.05) is 18.1 Å². The van der Waals surface area contributed by atoms with Crippen molar-refractivity contribution in [3.8, 4) is 0 Å². The number of hydrogen-bond donors (Lipinski definition) is 1. The van der Waals surface area contributed by atoms with Crippen LogP contribution in [0.5, 0.6) is 0 Å². The van der Waals surface area contributed by atoms with E-state index in [1.165, 1.54) is 22.4 Å². The Morgan fingerprint density at radius 1 is 0.818 bits per heavy atom. The highest BCUT2D eigenvalue weighted by molar-refractivity contribution is 5.54. The zero-order valence-electron chi connectivity index (χ0n) is 12.7. The van der Waals surface area contributed by atoms with Crippen LogP contribution in [0.15, 0.2) is 79.1 Å². The third-order valence-electron chi connectivity index (χ3n) is 3.87. The van der Waals surface area contributed by atoms with E-state index in [0.29, 0.717) is 0 Å². The Bertz CT molecular complexity index is 669. The molecule has 1 heterocycles. The molecular weight excluding hydrogens is 268 g/mol. The molecule has 0 saturated heterocycles. The van der Waals surface area contributed by atoms with E-state index in [4.69, 9.17) is 0 Å². The van der Waals surface area contributed by atoms with E-state index in [1.54, 1.807) is 0 Å². The van der Waals surface area contributed by atoms with Crippen molar-refractivity contribution in [3.63, 3.8) is 0 Å². The second kappa shape index (κ2) is 6.90. The first kappa shape index (κ1) is 14.3. The van der Waals surface area contributed by atoms with Crippen LogP contribution in [-0.4, -0.2) is 4.98 Å². The predicted octanol–water partition coefficient (Wildman–Crippen LogP) is 4.85. The van der Waals surface area contributed by atoms with E-state index in [-0.39, 0.29) is 6.04 Å². The molecule has 3 aromatic rings. The van der Waals surface area contributed by atoms with E-state index in [1.807, 2.05) is 18.5 Å². The van der Waals surface area contributed by atoms with Gasteiger partial charge in [0.25, 0.3) is 0 Å². The van der Waals surface area contributed by atoms with Crippen LogP contribution in [0.1, 0.15) is 29.7 Å². The Labute approximate surface area is 131 Å². The van der Waals surface area contributed by atoms with Crippen LogP contribution < -0.4 is 5.32 Å². The van der Waals surface area contributed by atoms with E-state index < -0.39 is 0 Å². The Balaban J connectivity index is 1.99. The van der Waals surface area contributed by atoms with Crippen molar-refractivity contribution in [2.75, 3.05) is 5.32 Å². The number of aromatic nitrogens is 1. The van der Waals surface area contributed by atoms with Gasteiger partial charge in [-0.05, 0) is 41.3 Å². The minimum Gasteiger partial charge on any atom is -0.374 e. The molecule has 0 aliphatic heterocycles. The predicted molar refractivity (Wildman–Crippen MR) is 92.0 cm³/mol. The molecule has 0 spiro atoms. The number of benzene rings is 2. The molecule has 2 aromatic carbocycles. The zero-order valence-corrected chi connectivity index (χ0v) is 12.7. The Morgan fingerprint density at radius 3 is 2.18 bits per heavy atom. The van der Waals surface area contributed by atoms with Crippen LogP contribution in [0.3, 0.4) is 0 Å². The third-order valence-corrected chi connectivity index (χ3v) is 3.87. The summed E-state index contributed by atoms with van der Waals surface area (Å²) < 4.78 is 0. The van der Waals surface area contributed by atoms with E-state index >= 15 is 0 Å². The maximum atomic E-state index is 4.13. The van der Waals surface area contributed by atoms with Gasteiger partial charge in [-0.25, -0.2) is 0 Å². The van der Waals surface area contributed by atoms with Gasteiger partial charge >= 0.3 is 0 Å². The summed E-state index contributed by atoms with van der Waals surface area (Å²) in [6.45, 7) is 2.18. The van der Waals surface area contributed by atoms with E-state index in [2.05, 4.69) is 77.9 Å². The summed E-state index contributed by atoms with van der Waals surface area (Å²) in [5.74, 6) is 0. The minimum atomic E-state index is 0.122. The van der Waals surface area contributed by atoms with Crippen LogP contribution in [0.25, 0.3) is 0 Å². The molecule has 0 saturated carbocycles. The normalized spacial score (nSPS) is 11.9.